The second-order valence-corrected chi connectivity index (χ2v) is 16.8. The standard InChI is InChI=1S/C62H38N4/c63-39-51-23-21-49(37-61(51)65-57-29-25-45(41-13-5-1-6-14-41)33-53(57)54-34-46(26-30-58(54)65)42-15-7-2-8-16-42)50-22-24-52(40-64)62(38-50)66-59-31-27-47(43-17-9-3-10-18-43)35-55(59)56-36-48(28-32-60(56)66)44-19-11-4-12-20-44/h1-38H. The van der Waals surface area contributed by atoms with Gasteiger partial charge in [-0.15, -0.1) is 0 Å². The molecule has 4 nitrogen and oxygen atoms in total. The molecule has 0 atom stereocenters. The first-order valence-electron chi connectivity index (χ1n) is 22.1. The summed E-state index contributed by atoms with van der Waals surface area (Å²) in [5.74, 6) is 0. The van der Waals surface area contributed by atoms with Gasteiger partial charge in [-0.05, 0) is 128 Å². The van der Waals surface area contributed by atoms with Crippen LogP contribution >= 0.6 is 0 Å². The van der Waals surface area contributed by atoms with E-state index in [2.05, 4.69) is 203 Å². The summed E-state index contributed by atoms with van der Waals surface area (Å²) in [6, 6.07) is 85.6. The predicted molar refractivity (Wildman–Crippen MR) is 272 cm³/mol. The zero-order chi connectivity index (χ0) is 44.1. The summed E-state index contributed by atoms with van der Waals surface area (Å²) < 4.78 is 4.48. The fourth-order valence-electron chi connectivity index (χ4n) is 9.79. The van der Waals surface area contributed by atoms with Crippen LogP contribution in [0.3, 0.4) is 0 Å². The highest BCUT2D eigenvalue weighted by atomic mass is 15.0. The fourth-order valence-corrected chi connectivity index (χ4v) is 9.79. The number of benzene rings is 10. The van der Waals surface area contributed by atoms with Gasteiger partial charge in [0.2, 0.25) is 0 Å². The maximum atomic E-state index is 10.7. The third-order valence-electron chi connectivity index (χ3n) is 13.0. The number of rotatable bonds is 7. The Morgan fingerprint density at radius 2 is 0.485 bits per heavy atom. The van der Waals surface area contributed by atoms with Crippen molar-refractivity contribution in [2.75, 3.05) is 0 Å². The van der Waals surface area contributed by atoms with Crippen molar-refractivity contribution < 1.29 is 0 Å². The molecular formula is C62H38N4. The average molecular weight is 839 g/mol. The average Bonchev–Trinajstić information content (AvgIpc) is 3.90. The Hall–Kier alpha value is -9.22. The Labute approximate surface area is 382 Å². The molecule has 0 aliphatic rings. The Morgan fingerprint density at radius 3 is 0.742 bits per heavy atom. The second-order valence-electron chi connectivity index (χ2n) is 16.8. The maximum absolute atomic E-state index is 10.7. The molecule has 0 N–H and O–H groups in total. The topological polar surface area (TPSA) is 57.4 Å². The number of fused-ring (bicyclic) bond motifs is 6. The first-order valence-corrected chi connectivity index (χ1v) is 22.1. The minimum absolute atomic E-state index is 0.566. The maximum Gasteiger partial charge on any atom is 0.101 e. The molecule has 66 heavy (non-hydrogen) atoms. The number of hydrogen-bond donors (Lipinski definition) is 0. The van der Waals surface area contributed by atoms with Crippen LogP contribution in [0.4, 0.5) is 0 Å². The smallest absolute Gasteiger partial charge is 0.101 e. The monoisotopic (exact) mass is 838 g/mol. The lowest BCUT2D eigenvalue weighted by Crippen LogP contribution is -2.00. The zero-order valence-corrected chi connectivity index (χ0v) is 35.7. The third kappa shape index (κ3) is 6.45. The molecule has 0 aliphatic heterocycles. The number of hydrogen-bond acceptors (Lipinski definition) is 2. The van der Waals surface area contributed by atoms with Gasteiger partial charge in [0.25, 0.3) is 0 Å². The van der Waals surface area contributed by atoms with Gasteiger partial charge in [0.1, 0.15) is 12.1 Å². The summed E-state index contributed by atoms with van der Waals surface area (Å²) in [7, 11) is 0. The van der Waals surface area contributed by atoms with Crippen molar-refractivity contribution in [3.8, 4) is 79.1 Å². The van der Waals surface area contributed by atoms with Crippen LogP contribution in [0, 0.1) is 22.7 Å². The zero-order valence-electron chi connectivity index (χ0n) is 35.7. The van der Waals surface area contributed by atoms with Crippen LogP contribution in [-0.4, -0.2) is 9.13 Å². The van der Waals surface area contributed by atoms with Gasteiger partial charge >= 0.3 is 0 Å². The molecule has 10 aromatic carbocycles. The molecule has 2 aromatic heterocycles. The molecule has 0 fully saturated rings. The van der Waals surface area contributed by atoms with Gasteiger partial charge < -0.3 is 9.13 Å². The van der Waals surface area contributed by atoms with Gasteiger partial charge in [0, 0.05) is 21.5 Å². The molecule has 12 rings (SSSR count). The van der Waals surface area contributed by atoms with E-state index in [0.29, 0.717) is 11.1 Å². The van der Waals surface area contributed by atoms with Crippen LogP contribution in [0.15, 0.2) is 231 Å². The highest BCUT2D eigenvalue weighted by Crippen LogP contribution is 2.41. The normalized spacial score (nSPS) is 11.3. The Kier molecular flexibility index (Phi) is 9.23. The Bertz CT molecular complexity index is 3470. The van der Waals surface area contributed by atoms with Crippen LogP contribution in [0.1, 0.15) is 11.1 Å². The van der Waals surface area contributed by atoms with Crippen LogP contribution in [-0.2, 0) is 0 Å². The largest absolute Gasteiger partial charge is 0.308 e. The summed E-state index contributed by atoms with van der Waals surface area (Å²) in [5.41, 5.74) is 17.7. The van der Waals surface area contributed by atoms with E-state index in [1.807, 2.05) is 48.5 Å². The highest BCUT2D eigenvalue weighted by Gasteiger charge is 2.21. The van der Waals surface area contributed by atoms with Gasteiger partial charge in [-0.25, -0.2) is 0 Å². The number of nitriles is 2. The summed E-state index contributed by atoms with van der Waals surface area (Å²) in [6.45, 7) is 0. The van der Waals surface area contributed by atoms with Gasteiger partial charge in [0.15, 0.2) is 0 Å². The Morgan fingerprint density at radius 1 is 0.242 bits per heavy atom. The van der Waals surface area contributed by atoms with E-state index < -0.39 is 0 Å². The molecule has 12 aromatic rings. The fraction of sp³-hybridized carbons (Fsp3) is 0. The lowest BCUT2D eigenvalue weighted by atomic mass is 9.99. The van der Waals surface area contributed by atoms with Crippen LogP contribution < -0.4 is 0 Å². The van der Waals surface area contributed by atoms with E-state index in [-0.39, 0.29) is 0 Å². The second kappa shape index (κ2) is 15.8. The van der Waals surface area contributed by atoms with Crippen molar-refractivity contribution in [1.82, 2.24) is 9.13 Å². The molecule has 4 heteroatoms. The lowest BCUT2D eigenvalue weighted by molar-refractivity contribution is 1.16. The van der Waals surface area contributed by atoms with Crippen molar-refractivity contribution in [2.24, 2.45) is 0 Å². The van der Waals surface area contributed by atoms with Crippen molar-refractivity contribution in [2.45, 2.75) is 0 Å². The van der Waals surface area contributed by atoms with E-state index in [4.69, 9.17) is 0 Å². The quantitative estimate of drug-likeness (QED) is 0.161. The molecule has 2 heterocycles. The summed E-state index contributed by atoms with van der Waals surface area (Å²) in [4.78, 5) is 0. The molecule has 0 saturated heterocycles. The van der Waals surface area contributed by atoms with E-state index in [0.717, 1.165) is 111 Å². The third-order valence-corrected chi connectivity index (χ3v) is 13.0. The molecule has 0 saturated carbocycles. The van der Waals surface area contributed by atoms with Crippen molar-refractivity contribution in [1.29, 1.82) is 10.5 Å². The summed E-state index contributed by atoms with van der Waals surface area (Å²) in [6.07, 6.45) is 0. The summed E-state index contributed by atoms with van der Waals surface area (Å²) in [5, 5.41) is 25.9. The molecule has 0 aliphatic carbocycles. The van der Waals surface area contributed by atoms with Crippen molar-refractivity contribution >= 4 is 43.6 Å². The molecule has 0 spiro atoms. The molecule has 0 bridgehead atoms. The van der Waals surface area contributed by atoms with Crippen LogP contribution in [0.25, 0.3) is 111 Å². The van der Waals surface area contributed by atoms with E-state index in [1.165, 1.54) is 0 Å². The first kappa shape index (κ1) is 38.5. The highest BCUT2D eigenvalue weighted by molar-refractivity contribution is 6.13. The summed E-state index contributed by atoms with van der Waals surface area (Å²) >= 11 is 0. The number of aromatic nitrogens is 2. The Balaban J connectivity index is 1.05. The SMILES string of the molecule is N#Cc1ccc(-c2ccc(C#N)c(-n3c4ccc(-c5ccccc5)cc4c4cc(-c5ccccc5)ccc43)c2)cc1-n1c2ccc(-c3ccccc3)cc2c2cc(-c3ccccc3)ccc21. The molecule has 0 amide bonds. The van der Waals surface area contributed by atoms with Gasteiger partial charge in [-0.2, -0.15) is 10.5 Å². The van der Waals surface area contributed by atoms with Gasteiger partial charge in [0.05, 0.1) is 44.6 Å². The van der Waals surface area contributed by atoms with Crippen LogP contribution in [0.2, 0.25) is 0 Å². The molecule has 0 radical (unpaired) electrons. The van der Waals surface area contributed by atoms with Crippen molar-refractivity contribution in [3.05, 3.63) is 242 Å². The number of nitrogens with zero attached hydrogens (tertiary/aromatic N) is 4. The minimum Gasteiger partial charge on any atom is -0.308 e. The lowest BCUT2D eigenvalue weighted by Gasteiger charge is -2.15. The van der Waals surface area contributed by atoms with Crippen LogP contribution in [0.5, 0.6) is 0 Å². The van der Waals surface area contributed by atoms with Crippen molar-refractivity contribution in [3.63, 3.8) is 0 Å². The molecular weight excluding hydrogens is 801 g/mol. The first-order chi connectivity index (χ1) is 32.6. The van der Waals surface area contributed by atoms with Gasteiger partial charge in [-0.3, -0.25) is 0 Å². The van der Waals surface area contributed by atoms with E-state index in [1.54, 1.807) is 0 Å². The van der Waals surface area contributed by atoms with Gasteiger partial charge in [-0.1, -0.05) is 158 Å². The van der Waals surface area contributed by atoms with E-state index in [9.17, 15) is 10.5 Å². The molecule has 0 unspecified atom stereocenters. The minimum atomic E-state index is 0.566. The van der Waals surface area contributed by atoms with E-state index >= 15 is 0 Å². The predicted octanol–water partition coefficient (Wildman–Crippen LogP) is 16.0. The molecule has 306 valence electrons.